The monoisotopic (exact) mass is 420 g/mol. The van der Waals surface area contributed by atoms with E-state index in [1.54, 1.807) is 7.11 Å². The fourth-order valence-corrected chi connectivity index (χ4v) is 5.11. The number of nitrogens with zero attached hydrogens (tertiary/aromatic N) is 3. The normalized spacial score (nSPS) is 17.1. The van der Waals surface area contributed by atoms with Crippen LogP contribution in [0.2, 0.25) is 0 Å². The molecule has 164 valence electrons. The number of methoxy groups -OCH3 is 1. The Labute approximate surface area is 184 Å². The standard InChI is InChI=1S/C25H32N4O2/c1-17-18(2)29(21-7-5-4-6-8-21)25(23(17)14-26)27-24(30)16-28-12-11-19-9-10-22(31-3)13-20(19)15-28/h9-10,13,21H,4-8,11-12,15-16H2,1-3H3,(H,27,30). The lowest BCUT2D eigenvalue weighted by Crippen LogP contribution is -2.37. The first-order valence-electron chi connectivity index (χ1n) is 11.3. The van der Waals surface area contributed by atoms with Crippen LogP contribution in [0.1, 0.15) is 66.1 Å². The highest BCUT2D eigenvalue weighted by Gasteiger charge is 2.27. The Morgan fingerprint density at radius 2 is 2.00 bits per heavy atom. The van der Waals surface area contributed by atoms with E-state index < -0.39 is 0 Å². The topological polar surface area (TPSA) is 70.3 Å². The van der Waals surface area contributed by atoms with Crippen LogP contribution in [0, 0.1) is 25.2 Å². The fraction of sp³-hybridized carbons (Fsp3) is 0.520. The summed E-state index contributed by atoms with van der Waals surface area (Å²) >= 11 is 0. The first kappa shape index (κ1) is 21.5. The van der Waals surface area contributed by atoms with Crippen LogP contribution in [0.5, 0.6) is 5.75 Å². The molecule has 1 amide bonds. The maximum atomic E-state index is 13.0. The number of nitriles is 1. The molecule has 1 aliphatic heterocycles. The van der Waals surface area contributed by atoms with Crippen molar-refractivity contribution in [3.8, 4) is 11.8 Å². The minimum absolute atomic E-state index is 0.0580. The van der Waals surface area contributed by atoms with Crippen molar-refractivity contribution in [3.05, 3.63) is 46.1 Å². The molecule has 0 bridgehead atoms. The van der Waals surface area contributed by atoms with E-state index in [0.29, 0.717) is 24.0 Å². The Morgan fingerprint density at radius 1 is 1.23 bits per heavy atom. The van der Waals surface area contributed by atoms with E-state index in [-0.39, 0.29) is 5.91 Å². The van der Waals surface area contributed by atoms with Crippen molar-refractivity contribution in [2.75, 3.05) is 25.5 Å². The Bertz CT molecular complexity index is 1010. The molecular formula is C25H32N4O2. The maximum Gasteiger partial charge on any atom is 0.239 e. The number of aromatic nitrogens is 1. The largest absolute Gasteiger partial charge is 0.497 e. The molecule has 2 aromatic rings. The second-order valence-corrected chi connectivity index (χ2v) is 8.85. The van der Waals surface area contributed by atoms with Gasteiger partial charge in [0.05, 0.1) is 19.2 Å². The minimum atomic E-state index is -0.0580. The summed E-state index contributed by atoms with van der Waals surface area (Å²) in [5, 5.41) is 12.9. The number of amides is 1. The predicted molar refractivity (Wildman–Crippen MR) is 121 cm³/mol. The second kappa shape index (κ2) is 9.15. The van der Waals surface area contributed by atoms with Crippen LogP contribution < -0.4 is 10.1 Å². The summed E-state index contributed by atoms with van der Waals surface area (Å²) in [4.78, 5) is 15.2. The van der Waals surface area contributed by atoms with Crippen LogP contribution in [-0.4, -0.2) is 35.6 Å². The number of carbonyl (C=O) groups is 1. The molecule has 0 spiro atoms. The summed E-state index contributed by atoms with van der Waals surface area (Å²) in [6, 6.07) is 8.87. The van der Waals surface area contributed by atoms with Crippen LogP contribution in [0.15, 0.2) is 18.2 Å². The van der Waals surface area contributed by atoms with Gasteiger partial charge in [-0.05, 0) is 61.9 Å². The van der Waals surface area contributed by atoms with E-state index in [2.05, 4.69) is 39.9 Å². The molecule has 0 unspecified atom stereocenters. The molecular weight excluding hydrogens is 388 g/mol. The Balaban J connectivity index is 1.51. The average Bonchev–Trinajstić information content (AvgIpc) is 3.02. The fourth-order valence-electron chi connectivity index (χ4n) is 5.11. The van der Waals surface area contributed by atoms with Gasteiger partial charge in [-0.2, -0.15) is 5.26 Å². The van der Waals surface area contributed by atoms with Crippen molar-refractivity contribution in [3.63, 3.8) is 0 Å². The lowest BCUT2D eigenvalue weighted by molar-refractivity contribution is -0.117. The van der Waals surface area contributed by atoms with Crippen molar-refractivity contribution in [1.29, 1.82) is 5.26 Å². The predicted octanol–water partition coefficient (Wildman–Crippen LogP) is 4.49. The number of fused-ring (bicyclic) bond motifs is 1. The Hall–Kier alpha value is -2.78. The van der Waals surface area contributed by atoms with Gasteiger partial charge >= 0.3 is 0 Å². The van der Waals surface area contributed by atoms with Crippen molar-refractivity contribution in [1.82, 2.24) is 9.47 Å². The van der Waals surface area contributed by atoms with E-state index >= 15 is 0 Å². The average molecular weight is 421 g/mol. The summed E-state index contributed by atoms with van der Waals surface area (Å²) in [7, 11) is 1.67. The van der Waals surface area contributed by atoms with E-state index in [1.165, 1.54) is 30.4 Å². The van der Waals surface area contributed by atoms with Gasteiger partial charge in [-0.15, -0.1) is 0 Å². The summed E-state index contributed by atoms with van der Waals surface area (Å²) in [6.07, 6.45) is 6.80. The van der Waals surface area contributed by atoms with Gasteiger partial charge < -0.3 is 14.6 Å². The molecule has 2 heterocycles. The summed E-state index contributed by atoms with van der Waals surface area (Å²) < 4.78 is 7.58. The lowest BCUT2D eigenvalue weighted by atomic mass is 9.95. The summed E-state index contributed by atoms with van der Waals surface area (Å²) in [5.74, 6) is 1.48. The molecule has 1 fully saturated rings. The summed E-state index contributed by atoms with van der Waals surface area (Å²) in [5.41, 5.74) is 5.21. The van der Waals surface area contributed by atoms with Crippen LogP contribution in [0.4, 0.5) is 5.82 Å². The zero-order valence-electron chi connectivity index (χ0n) is 18.8. The third-order valence-corrected chi connectivity index (χ3v) is 6.94. The number of ether oxygens (including phenoxy) is 1. The van der Waals surface area contributed by atoms with Gasteiger partial charge in [0, 0.05) is 24.8 Å². The Morgan fingerprint density at radius 3 is 2.71 bits per heavy atom. The van der Waals surface area contributed by atoms with Gasteiger partial charge in [-0.1, -0.05) is 25.3 Å². The quantitative estimate of drug-likeness (QED) is 0.774. The zero-order valence-corrected chi connectivity index (χ0v) is 18.8. The highest BCUT2D eigenvalue weighted by Crippen LogP contribution is 2.36. The van der Waals surface area contributed by atoms with Gasteiger partial charge in [0.1, 0.15) is 17.6 Å². The van der Waals surface area contributed by atoms with E-state index in [4.69, 9.17) is 4.74 Å². The van der Waals surface area contributed by atoms with Crippen molar-refractivity contribution >= 4 is 11.7 Å². The SMILES string of the molecule is COc1ccc2c(c1)CN(CC(=O)Nc1c(C#N)c(C)c(C)n1C1CCCCC1)CC2. The van der Waals surface area contributed by atoms with Gasteiger partial charge in [0.2, 0.25) is 5.91 Å². The number of benzene rings is 1. The molecule has 6 heteroatoms. The van der Waals surface area contributed by atoms with Crippen LogP contribution >= 0.6 is 0 Å². The number of nitrogens with one attached hydrogen (secondary N) is 1. The highest BCUT2D eigenvalue weighted by molar-refractivity contribution is 5.93. The van der Waals surface area contributed by atoms with Gasteiger partial charge in [0.25, 0.3) is 0 Å². The molecule has 1 aromatic carbocycles. The highest BCUT2D eigenvalue weighted by atomic mass is 16.5. The number of anilines is 1. The maximum absolute atomic E-state index is 13.0. The number of hydrogen-bond acceptors (Lipinski definition) is 4. The third kappa shape index (κ3) is 4.33. The van der Waals surface area contributed by atoms with Gasteiger partial charge in [0.15, 0.2) is 0 Å². The lowest BCUT2D eigenvalue weighted by Gasteiger charge is -2.29. The van der Waals surface area contributed by atoms with E-state index in [0.717, 1.165) is 49.4 Å². The molecule has 0 radical (unpaired) electrons. The summed E-state index contributed by atoms with van der Waals surface area (Å²) in [6.45, 7) is 5.94. The number of rotatable bonds is 5. The molecule has 2 aliphatic rings. The zero-order chi connectivity index (χ0) is 22.0. The van der Waals surface area contributed by atoms with Gasteiger partial charge in [-0.25, -0.2) is 0 Å². The first-order chi connectivity index (χ1) is 15.0. The van der Waals surface area contributed by atoms with Crippen LogP contribution in [0.25, 0.3) is 0 Å². The molecule has 1 N–H and O–H groups in total. The van der Waals surface area contributed by atoms with Crippen LogP contribution in [-0.2, 0) is 17.8 Å². The molecule has 0 atom stereocenters. The van der Waals surface area contributed by atoms with Crippen molar-refractivity contribution in [2.24, 2.45) is 0 Å². The molecule has 0 saturated heterocycles. The Kier molecular flexibility index (Phi) is 6.33. The smallest absolute Gasteiger partial charge is 0.239 e. The molecule has 6 nitrogen and oxygen atoms in total. The molecule has 4 rings (SSSR count). The number of carbonyl (C=O) groups excluding carboxylic acids is 1. The second-order valence-electron chi connectivity index (χ2n) is 8.85. The molecule has 1 aliphatic carbocycles. The van der Waals surface area contributed by atoms with Crippen molar-refractivity contribution < 1.29 is 9.53 Å². The minimum Gasteiger partial charge on any atom is -0.497 e. The number of hydrogen-bond donors (Lipinski definition) is 1. The van der Waals surface area contributed by atoms with E-state index in [1.807, 2.05) is 13.0 Å². The van der Waals surface area contributed by atoms with Crippen LogP contribution in [0.3, 0.4) is 0 Å². The van der Waals surface area contributed by atoms with E-state index in [9.17, 15) is 10.1 Å². The molecule has 1 aromatic heterocycles. The molecule has 1 saturated carbocycles. The third-order valence-electron chi connectivity index (χ3n) is 6.94. The first-order valence-corrected chi connectivity index (χ1v) is 11.3. The van der Waals surface area contributed by atoms with Crippen molar-refractivity contribution in [2.45, 2.75) is 65.0 Å². The van der Waals surface area contributed by atoms with Gasteiger partial charge in [-0.3, -0.25) is 9.69 Å². The molecule has 31 heavy (non-hydrogen) atoms.